The third-order valence-corrected chi connectivity index (χ3v) is 3.02. The van der Waals surface area contributed by atoms with Gasteiger partial charge in [-0.25, -0.2) is 9.98 Å². The minimum absolute atomic E-state index is 0. The van der Waals surface area contributed by atoms with Crippen LogP contribution in [0.25, 0.3) is 10.6 Å². The minimum Gasteiger partial charge on any atom is -0.683 e. The van der Waals surface area contributed by atoms with Crippen LogP contribution < -0.4 is 9.98 Å². The van der Waals surface area contributed by atoms with Gasteiger partial charge in [-0.15, -0.1) is 11.1 Å². The van der Waals surface area contributed by atoms with E-state index in [4.69, 9.17) is 0 Å². The summed E-state index contributed by atoms with van der Waals surface area (Å²) in [6, 6.07) is 0. The molecule has 0 aliphatic carbocycles. The molecule has 0 spiro atoms. The van der Waals surface area contributed by atoms with Crippen molar-refractivity contribution >= 4 is 56.9 Å². The number of hydrogen-bond acceptors (Lipinski definition) is 0. The van der Waals surface area contributed by atoms with E-state index in [9.17, 15) is 0 Å². The van der Waals surface area contributed by atoms with Gasteiger partial charge in [0.15, 0.2) is 22.5 Å². The summed E-state index contributed by atoms with van der Waals surface area (Å²) >= 11 is 0. The van der Waals surface area contributed by atoms with Crippen LogP contribution in [0.3, 0.4) is 0 Å². The summed E-state index contributed by atoms with van der Waals surface area (Å²) in [7, 11) is 0. The van der Waals surface area contributed by atoms with Gasteiger partial charge >= 0.3 is 45.5 Å². The number of nitrogens with zero attached hydrogens (tertiary/aromatic N) is 2. The molecule has 0 bridgehead atoms. The van der Waals surface area contributed by atoms with Crippen LogP contribution >= 0.6 is 0 Å². The fraction of sp³-hybridized carbons (Fsp3) is 0.769. The molecule has 0 rings (SSSR count). The number of rotatable bonds is 4. The molecular weight excluding hydrogens is 456 g/mol. The second-order valence-corrected chi connectivity index (χ2v) is 12.3. The third kappa shape index (κ3) is 29.9. The molecule has 0 aliphatic rings. The van der Waals surface area contributed by atoms with Crippen LogP contribution in [0.15, 0.2) is 23.5 Å². The molecule has 0 amide bonds. The summed E-state index contributed by atoms with van der Waals surface area (Å²) in [5.41, 5.74) is 4.69. The molecule has 0 aromatic rings. The van der Waals surface area contributed by atoms with Gasteiger partial charge in [-0.3, -0.25) is 0 Å². The Morgan fingerprint density at radius 3 is 0.903 bits per heavy atom. The third-order valence-electron chi connectivity index (χ3n) is 3.02. The Labute approximate surface area is 232 Å². The summed E-state index contributed by atoms with van der Waals surface area (Å²) in [5.74, 6) is 0. The molecule has 0 atom stereocenters. The maximum absolute atomic E-state index is 4.58. The van der Waals surface area contributed by atoms with Crippen LogP contribution in [0.2, 0.25) is 0 Å². The molecular formula is C26H52N4Sr+2. The van der Waals surface area contributed by atoms with Crippen molar-refractivity contribution in [2.45, 2.75) is 133 Å². The molecule has 0 aliphatic heterocycles. The van der Waals surface area contributed by atoms with Crippen molar-refractivity contribution in [3.63, 3.8) is 0 Å². The largest absolute Gasteiger partial charge is 2.00 e. The Hall–Kier alpha value is -0.0995. The second kappa shape index (κ2) is 14.2. The molecule has 0 unspecified atom stereocenters. The van der Waals surface area contributed by atoms with Crippen LogP contribution in [-0.4, -0.2) is 79.1 Å². The fourth-order valence-electron chi connectivity index (χ4n) is 3.00. The molecule has 0 aromatic carbocycles. The Balaban J connectivity index is -0.000000490. The van der Waals surface area contributed by atoms with Crippen LogP contribution in [0.5, 0.6) is 0 Å². The average Bonchev–Trinajstić information content (AvgIpc) is 2.27. The summed E-state index contributed by atoms with van der Waals surface area (Å²) < 4.78 is 0. The second-order valence-electron chi connectivity index (χ2n) is 12.3. The van der Waals surface area contributed by atoms with Crippen molar-refractivity contribution < 1.29 is 9.98 Å². The maximum Gasteiger partial charge on any atom is 2.00 e. The van der Waals surface area contributed by atoms with Gasteiger partial charge in [-0.2, -0.15) is 11.4 Å². The molecule has 0 saturated carbocycles. The van der Waals surface area contributed by atoms with Gasteiger partial charge in [-0.1, -0.05) is 55.4 Å². The number of hydrogen-bond donors (Lipinski definition) is 2. The fourth-order valence-corrected chi connectivity index (χ4v) is 3.00. The van der Waals surface area contributed by atoms with Crippen molar-refractivity contribution in [2.75, 3.05) is 0 Å². The van der Waals surface area contributed by atoms with E-state index in [1.54, 1.807) is 0 Å². The molecule has 31 heavy (non-hydrogen) atoms. The van der Waals surface area contributed by atoms with Gasteiger partial charge < -0.3 is 10.6 Å². The van der Waals surface area contributed by atoms with Crippen molar-refractivity contribution in [3.8, 4) is 0 Å². The SMILES string of the molecule is CC(/C=C(/C)[N-]C(C)(C)C)=[NH+]C(C)(C)C.CC(/C=C(/C)[N-]C(C)(C)C)=[NH+]C(C)(C)C.[Sr+2]. The molecule has 0 saturated heterocycles. The first kappa shape index (κ1) is 35.5. The zero-order valence-corrected chi connectivity index (χ0v) is 27.2. The average molecular weight is 508 g/mol. The number of nitrogens with one attached hydrogen (secondary N) is 2. The molecule has 0 fully saturated rings. The van der Waals surface area contributed by atoms with E-state index in [2.05, 4.69) is 130 Å². The Kier molecular flexibility index (Phi) is 16.3. The van der Waals surface area contributed by atoms with E-state index in [-0.39, 0.29) is 67.6 Å². The van der Waals surface area contributed by atoms with Gasteiger partial charge in [0.05, 0.1) is 0 Å². The van der Waals surface area contributed by atoms with E-state index in [1.165, 1.54) is 0 Å². The molecule has 0 radical (unpaired) electrons. The van der Waals surface area contributed by atoms with Gasteiger partial charge in [0.25, 0.3) is 0 Å². The van der Waals surface area contributed by atoms with Crippen molar-refractivity contribution in [2.24, 2.45) is 0 Å². The normalized spacial score (nSPS) is 15.0. The van der Waals surface area contributed by atoms with Crippen molar-refractivity contribution in [1.82, 2.24) is 0 Å². The van der Waals surface area contributed by atoms with Crippen LogP contribution in [0.4, 0.5) is 0 Å². The summed E-state index contributed by atoms with van der Waals surface area (Å²) in [5, 5.41) is 9.16. The molecule has 2 N–H and O–H groups in total. The molecule has 0 aromatic heterocycles. The Morgan fingerprint density at radius 2 is 0.742 bits per heavy atom. The quantitative estimate of drug-likeness (QED) is 0.418. The first-order chi connectivity index (χ1) is 13.0. The monoisotopic (exact) mass is 508 g/mol. The summed E-state index contributed by atoms with van der Waals surface area (Å²) in [6.07, 6.45) is 4.19. The molecule has 4 nitrogen and oxygen atoms in total. The van der Waals surface area contributed by atoms with E-state index in [1.807, 2.05) is 13.8 Å². The smallest absolute Gasteiger partial charge is 0.683 e. The van der Waals surface area contributed by atoms with Crippen LogP contribution in [-0.2, 0) is 0 Å². The predicted molar refractivity (Wildman–Crippen MR) is 142 cm³/mol. The van der Waals surface area contributed by atoms with Crippen molar-refractivity contribution in [3.05, 3.63) is 34.2 Å². The van der Waals surface area contributed by atoms with E-state index >= 15 is 0 Å². The first-order valence-electron chi connectivity index (χ1n) is 11.0. The van der Waals surface area contributed by atoms with E-state index in [0.29, 0.717) is 0 Å². The molecule has 0 heterocycles. The zero-order valence-electron chi connectivity index (χ0n) is 23.8. The van der Waals surface area contributed by atoms with E-state index < -0.39 is 0 Å². The summed E-state index contributed by atoms with van der Waals surface area (Å²) in [6.45, 7) is 33.8. The minimum atomic E-state index is 0. The molecule has 176 valence electrons. The van der Waals surface area contributed by atoms with E-state index in [0.717, 1.165) is 22.8 Å². The summed E-state index contributed by atoms with van der Waals surface area (Å²) in [4.78, 5) is 6.83. The zero-order chi connectivity index (χ0) is 24.6. The van der Waals surface area contributed by atoms with Crippen LogP contribution in [0.1, 0.15) is 111 Å². The molecule has 5 heteroatoms. The first-order valence-corrected chi connectivity index (χ1v) is 11.0. The maximum atomic E-state index is 4.58. The van der Waals surface area contributed by atoms with Crippen LogP contribution in [0, 0.1) is 0 Å². The Bertz CT molecular complexity index is 583. The van der Waals surface area contributed by atoms with Crippen molar-refractivity contribution in [1.29, 1.82) is 0 Å². The van der Waals surface area contributed by atoms with Gasteiger partial charge in [0, 0.05) is 13.8 Å². The Morgan fingerprint density at radius 1 is 0.516 bits per heavy atom. The number of allylic oxidation sites excluding steroid dienone is 4. The van der Waals surface area contributed by atoms with Gasteiger partial charge in [0.1, 0.15) is 0 Å². The van der Waals surface area contributed by atoms with Gasteiger partial charge in [0.2, 0.25) is 0 Å². The standard InChI is InChI=1S/2C13H25N2.Sr/c2*1-10(14-12(3,4)5)9-11(2)15-13(6,7)8;/h2*9H,1-8H3;/q2*-1;+2/p+2/b2*10-9-,15-11?;. The van der Waals surface area contributed by atoms with Gasteiger partial charge in [-0.05, 0) is 53.7 Å². The topological polar surface area (TPSA) is 56.1 Å². The predicted octanol–water partition coefficient (Wildman–Crippen LogP) is 4.42.